The zero-order chi connectivity index (χ0) is 11.5. The molecule has 3 heteroatoms. The minimum absolute atomic E-state index is 0.298. The smallest absolute Gasteiger partial charge is 0.142 e. The minimum Gasteiger partial charge on any atom is -0.314 e. The van der Waals surface area contributed by atoms with Gasteiger partial charge in [-0.2, -0.15) is 0 Å². The molecule has 1 heterocycles. The second kappa shape index (κ2) is 5.15. The van der Waals surface area contributed by atoms with E-state index in [9.17, 15) is 4.39 Å². The molecule has 1 atom stereocenters. The van der Waals surface area contributed by atoms with Gasteiger partial charge in [0.15, 0.2) is 0 Å². The predicted octanol–water partition coefficient (Wildman–Crippen LogP) is 3.47. The fourth-order valence-corrected chi connectivity index (χ4v) is 2.57. The normalized spacial score (nSPS) is 21.1. The Hall–Kier alpha value is -0.600. The van der Waals surface area contributed by atoms with Crippen LogP contribution in [0.25, 0.3) is 0 Å². The Morgan fingerprint density at radius 2 is 2.25 bits per heavy atom. The maximum absolute atomic E-state index is 13.4. The topological polar surface area (TPSA) is 12.0 Å². The molecule has 1 unspecified atom stereocenters. The van der Waals surface area contributed by atoms with E-state index < -0.39 is 0 Å². The summed E-state index contributed by atoms with van der Waals surface area (Å²) < 4.78 is 13.4. The third-order valence-corrected chi connectivity index (χ3v) is 3.70. The van der Waals surface area contributed by atoms with Gasteiger partial charge in [-0.1, -0.05) is 24.1 Å². The quantitative estimate of drug-likeness (QED) is 0.836. The summed E-state index contributed by atoms with van der Waals surface area (Å²) in [5, 5.41) is 3.76. The average molecular weight is 242 g/mol. The Labute approximate surface area is 101 Å². The van der Waals surface area contributed by atoms with Crippen LogP contribution >= 0.6 is 11.6 Å². The number of piperidine rings is 1. The van der Waals surface area contributed by atoms with E-state index >= 15 is 0 Å². The van der Waals surface area contributed by atoms with Crippen molar-refractivity contribution < 1.29 is 4.39 Å². The van der Waals surface area contributed by atoms with Crippen molar-refractivity contribution in [1.29, 1.82) is 0 Å². The molecule has 0 bridgehead atoms. The molecule has 0 aromatic heterocycles. The van der Waals surface area contributed by atoms with Crippen molar-refractivity contribution in [3.8, 4) is 0 Å². The highest BCUT2D eigenvalue weighted by atomic mass is 35.5. The van der Waals surface area contributed by atoms with Crippen molar-refractivity contribution in [3.63, 3.8) is 0 Å². The molecule has 1 nitrogen and oxygen atoms in total. The third-order valence-electron chi connectivity index (χ3n) is 3.29. The average Bonchev–Trinajstić information content (AvgIpc) is 2.31. The molecule has 0 aliphatic carbocycles. The number of nitrogens with one attached hydrogen (secondary N) is 1. The molecule has 16 heavy (non-hydrogen) atoms. The summed E-state index contributed by atoms with van der Waals surface area (Å²) in [6, 6.07) is 3.70. The molecule has 1 aliphatic heterocycles. The largest absolute Gasteiger partial charge is 0.314 e. The number of benzene rings is 1. The van der Waals surface area contributed by atoms with Gasteiger partial charge in [0.05, 0.1) is 5.02 Å². The highest BCUT2D eigenvalue weighted by Crippen LogP contribution is 2.26. The third kappa shape index (κ3) is 2.55. The van der Waals surface area contributed by atoms with Crippen LogP contribution in [0, 0.1) is 12.7 Å². The summed E-state index contributed by atoms with van der Waals surface area (Å²) in [4.78, 5) is 0. The van der Waals surface area contributed by atoms with E-state index in [1.54, 1.807) is 6.07 Å². The first kappa shape index (κ1) is 11.9. The first-order valence-corrected chi connectivity index (χ1v) is 6.23. The van der Waals surface area contributed by atoms with Gasteiger partial charge < -0.3 is 5.32 Å². The van der Waals surface area contributed by atoms with E-state index in [-0.39, 0.29) is 5.82 Å². The first-order valence-electron chi connectivity index (χ1n) is 5.85. The minimum atomic E-state index is -0.307. The Morgan fingerprint density at radius 3 is 2.94 bits per heavy atom. The molecule has 1 fully saturated rings. The lowest BCUT2D eigenvalue weighted by Crippen LogP contribution is -2.35. The maximum Gasteiger partial charge on any atom is 0.142 e. The lowest BCUT2D eigenvalue weighted by Gasteiger charge is -2.24. The Balaban J connectivity index is 2.16. The van der Waals surface area contributed by atoms with Crippen molar-refractivity contribution in [2.45, 2.75) is 38.6 Å². The summed E-state index contributed by atoms with van der Waals surface area (Å²) in [5.41, 5.74) is 2.04. The van der Waals surface area contributed by atoms with Gasteiger partial charge in [0.2, 0.25) is 0 Å². The van der Waals surface area contributed by atoms with Gasteiger partial charge in [-0.25, -0.2) is 4.39 Å². The van der Waals surface area contributed by atoms with Crippen molar-refractivity contribution in [2.75, 3.05) is 6.54 Å². The van der Waals surface area contributed by atoms with E-state index in [0.717, 1.165) is 30.5 Å². The molecule has 0 saturated carbocycles. The first-order chi connectivity index (χ1) is 7.68. The number of hydrogen-bond donors (Lipinski definition) is 1. The molecule has 1 aromatic rings. The van der Waals surface area contributed by atoms with Crippen molar-refractivity contribution in [2.24, 2.45) is 0 Å². The van der Waals surface area contributed by atoms with Crippen LogP contribution in [0.15, 0.2) is 12.1 Å². The van der Waals surface area contributed by atoms with Gasteiger partial charge in [-0.15, -0.1) is 0 Å². The van der Waals surface area contributed by atoms with E-state index in [1.807, 2.05) is 6.92 Å². The summed E-state index contributed by atoms with van der Waals surface area (Å²) in [7, 11) is 0. The molecule has 1 aliphatic rings. The van der Waals surface area contributed by atoms with Crippen LogP contribution in [0.4, 0.5) is 4.39 Å². The van der Waals surface area contributed by atoms with Crippen molar-refractivity contribution >= 4 is 11.6 Å². The highest BCUT2D eigenvalue weighted by Gasteiger charge is 2.17. The van der Waals surface area contributed by atoms with Crippen molar-refractivity contribution in [1.82, 2.24) is 5.32 Å². The summed E-state index contributed by atoms with van der Waals surface area (Å²) in [6.45, 7) is 3.06. The fraction of sp³-hybridized carbons (Fsp3) is 0.538. The van der Waals surface area contributed by atoms with E-state index in [0.29, 0.717) is 11.1 Å². The molecule has 2 rings (SSSR count). The van der Waals surface area contributed by atoms with Gasteiger partial charge in [-0.3, -0.25) is 0 Å². The molecule has 88 valence electrons. The van der Waals surface area contributed by atoms with Crippen LogP contribution in [0.3, 0.4) is 0 Å². The Morgan fingerprint density at radius 1 is 1.44 bits per heavy atom. The van der Waals surface area contributed by atoms with Crippen LogP contribution in [-0.4, -0.2) is 12.6 Å². The SMILES string of the molecule is Cc1ccc(F)c(Cl)c1CC1CCCCN1. The van der Waals surface area contributed by atoms with E-state index in [1.165, 1.54) is 18.9 Å². The molecule has 1 saturated heterocycles. The highest BCUT2D eigenvalue weighted by molar-refractivity contribution is 6.31. The number of halogens is 2. The summed E-state index contributed by atoms with van der Waals surface area (Å²) in [6.07, 6.45) is 4.49. The van der Waals surface area contributed by atoms with Gasteiger partial charge in [-0.05, 0) is 49.9 Å². The Bertz CT molecular complexity index is 372. The van der Waals surface area contributed by atoms with E-state index in [2.05, 4.69) is 5.32 Å². The summed E-state index contributed by atoms with van der Waals surface area (Å²) >= 11 is 6.01. The Kier molecular flexibility index (Phi) is 3.82. The standard InChI is InChI=1S/C13H17ClFN/c1-9-5-6-12(15)13(14)11(9)8-10-4-2-3-7-16-10/h5-6,10,16H,2-4,7-8H2,1H3. The lowest BCUT2D eigenvalue weighted by molar-refractivity contribution is 0.398. The van der Waals surface area contributed by atoms with Crippen LogP contribution in [0.5, 0.6) is 0 Å². The van der Waals surface area contributed by atoms with Gasteiger partial charge >= 0.3 is 0 Å². The molecule has 0 radical (unpaired) electrons. The van der Waals surface area contributed by atoms with E-state index in [4.69, 9.17) is 11.6 Å². The second-order valence-corrected chi connectivity index (χ2v) is 4.89. The van der Waals surface area contributed by atoms with Gasteiger partial charge in [0.1, 0.15) is 5.82 Å². The molecule has 0 spiro atoms. The maximum atomic E-state index is 13.4. The lowest BCUT2D eigenvalue weighted by atomic mass is 9.95. The van der Waals surface area contributed by atoms with Gasteiger partial charge in [0, 0.05) is 6.04 Å². The second-order valence-electron chi connectivity index (χ2n) is 4.51. The van der Waals surface area contributed by atoms with Crippen LogP contribution < -0.4 is 5.32 Å². The number of aryl methyl sites for hydroxylation is 1. The monoisotopic (exact) mass is 241 g/mol. The zero-order valence-corrected chi connectivity index (χ0v) is 10.3. The number of rotatable bonds is 2. The summed E-state index contributed by atoms with van der Waals surface area (Å²) in [5.74, 6) is -0.307. The fourth-order valence-electron chi connectivity index (χ4n) is 2.28. The van der Waals surface area contributed by atoms with Crippen LogP contribution in [0.1, 0.15) is 30.4 Å². The molecule has 1 aromatic carbocycles. The molecule has 0 amide bonds. The predicted molar refractivity (Wildman–Crippen MR) is 65.5 cm³/mol. The van der Waals surface area contributed by atoms with Gasteiger partial charge in [0.25, 0.3) is 0 Å². The van der Waals surface area contributed by atoms with Crippen LogP contribution in [-0.2, 0) is 6.42 Å². The molecule has 1 N–H and O–H groups in total. The van der Waals surface area contributed by atoms with Crippen LogP contribution in [0.2, 0.25) is 5.02 Å². The van der Waals surface area contributed by atoms with Crippen molar-refractivity contribution in [3.05, 3.63) is 34.1 Å². The number of hydrogen-bond acceptors (Lipinski definition) is 1. The zero-order valence-electron chi connectivity index (χ0n) is 9.52. The molecular formula is C13H17ClFN. The molecular weight excluding hydrogens is 225 g/mol.